The average Bonchev–Trinajstić information content (AvgIpc) is 2.34. The largest absolute Gasteiger partial charge is 0.497 e. The Morgan fingerprint density at radius 3 is 2.52 bits per heavy atom. The maximum absolute atomic E-state index is 13.8. The van der Waals surface area contributed by atoms with Crippen molar-refractivity contribution in [2.45, 2.75) is 37.1 Å². The molecule has 0 aromatic heterocycles. The summed E-state index contributed by atoms with van der Waals surface area (Å²) in [6, 6.07) is 3.41. The van der Waals surface area contributed by atoms with Crippen LogP contribution >= 0.6 is 0 Å². The number of carboxylic acid groups (broad SMARTS) is 1. The van der Waals surface area contributed by atoms with Gasteiger partial charge in [-0.3, -0.25) is 4.79 Å². The van der Waals surface area contributed by atoms with Gasteiger partial charge >= 0.3 is 5.97 Å². The first kappa shape index (κ1) is 17.4. The molecule has 0 fully saturated rings. The number of sulfonamides is 1. The molecule has 118 valence electrons. The van der Waals surface area contributed by atoms with Crippen LogP contribution in [-0.4, -0.2) is 32.1 Å². The highest BCUT2D eigenvalue weighted by Gasteiger charge is 2.28. The Labute approximate surface area is 123 Å². The highest BCUT2D eigenvalue weighted by atomic mass is 32.2. The van der Waals surface area contributed by atoms with E-state index < -0.39 is 32.2 Å². The van der Waals surface area contributed by atoms with E-state index in [9.17, 15) is 17.6 Å². The summed E-state index contributed by atoms with van der Waals surface area (Å²) in [5.74, 6) is -1.76. The first-order valence-corrected chi connectivity index (χ1v) is 7.65. The Morgan fingerprint density at radius 2 is 2.05 bits per heavy atom. The van der Waals surface area contributed by atoms with Gasteiger partial charge in [0.2, 0.25) is 10.0 Å². The van der Waals surface area contributed by atoms with Crippen molar-refractivity contribution in [2.24, 2.45) is 0 Å². The number of rotatable bonds is 7. The van der Waals surface area contributed by atoms with Crippen LogP contribution < -0.4 is 9.46 Å². The van der Waals surface area contributed by atoms with Crippen LogP contribution in [0.1, 0.15) is 26.7 Å². The molecular weight excluding hydrogens is 301 g/mol. The van der Waals surface area contributed by atoms with Gasteiger partial charge in [0.25, 0.3) is 0 Å². The maximum Gasteiger partial charge on any atom is 0.303 e. The Kier molecular flexibility index (Phi) is 5.30. The topological polar surface area (TPSA) is 92.7 Å². The zero-order valence-electron chi connectivity index (χ0n) is 12.0. The van der Waals surface area contributed by atoms with E-state index in [1.807, 2.05) is 0 Å². The molecule has 2 N–H and O–H groups in total. The van der Waals surface area contributed by atoms with E-state index in [0.717, 1.165) is 12.1 Å². The van der Waals surface area contributed by atoms with Crippen LogP contribution in [0, 0.1) is 5.82 Å². The third-order valence-electron chi connectivity index (χ3n) is 2.80. The van der Waals surface area contributed by atoms with Crippen LogP contribution in [0.3, 0.4) is 0 Å². The van der Waals surface area contributed by atoms with E-state index >= 15 is 0 Å². The van der Waals surface area contributed by atoms with Crippen molar-refractivity contribution < 1.29 is 27.4 Å². The lowest BCUT2D eigenvalue weighted by Crippen LogP contribution is -2.43. The number of carboxylic acids is 1. The fraction of sp³-hybridized carbons (Fsp3) is 0.462. The zero-order chi connectivity index (χ0) is 16.3. The van der Waals surface area contributed by atoms with Crippen molar-refractivity contribution >= 4 is 16.0 Å². The van der Waals surface area contributed by atoms with Crippen LogP contribution in [0.2, 0.25) is 0 Å². The number of halogens is 1. The lowest BCUT2D eigenvalue weighted by atomic mass is 10.0. The van der Waals surface area contributed by atoms with Gasteiger partial charge in [-0.15, -0.1) is 0 Å². The molecule has 6 nitrogen and oxygen atoms in total. The molecule has 0 heterocycles. The first-order chi connectivity index (χ1) is 9.57. The first-order valence-electron chi connectivity index (χ1n) is 6.17. The van der Waals surface area contributed by atoms with Gasteiger partial charge in [0.15, 0.2) is 0 Å². The molecule has 1 aromatic carbocycles. The van der Waals surface area contributed by atoms with Crippen molar-refractivity contribution in [3.8, 4) is 5.75 Å². The van der Waals surface area contributed by atoms with Gasteiger partial charge in [-0.1, -0.05) is 0 Å². The number of benzene rings is 1. The molecule has 1 rings (SSSR count). The SMILES string of the molecule is COc1ccc(S(=O)(=O)NC(C)(C)CCC(=O)O)c(F)c1. The second-order valence-electron chi connectivity index (χ2n) is 5.18. The third kappa shape index (κ3) is 4.98. The number of ether oxygens (including phenoxy) is 1. The lowest BCUT2D eigenvalue weighted by molar-refractivity contribution is -0.137. The smallest absolute Gasteiger partial charge is 0.303 e. The summed E-state index contributed by atoms with van der Waals surface area (Å²) in [7, 11) is -2.75. The Bertz CT molecular complexity index is 627. The summed E-state index contributed by atoms with van der Waals surface area (Å²) in [6.45, 7) is 3.07. The number of carbonyl (C=O) groups is 1. The second-order valence-corrected chi connectivity index (χ2v) is 6.83. The molecule has 0 atom stereocenters. The molecule has 0 aliphatic heterocycles. The number of nitrogens with one attached hydrogen (secondary N) is 1. The Morgan fingerprint density at radius 1 is 1.43 bits per heavy atom. The lowest BCUT2D eigenvalue weighted by Gasteiger charge is -2.25. The molecule has 8 heteroatoms. The highest BCUT2D eigenvalue weighted by molar-refractivity contribution is 7.89. The number of methoxy groups -OCH3 is 1. The van der Waals surface area contributed by atoms with E-state index in [-0.39, 0.29) is 18.6 Å². The molecule has 0 saturated heterocycles. The normalized spacial score (nSPS) is 12.2. The Balaban J connectivity index is 2.98. The molecule has 0 saturated carbocycles. The number of hydrogen-bond donors (Lipinski definition) is 2. The standard InChI is InChI=1S/C13H18FNO5S/c1-13(2,7-6-12(16)17)15-21(18,19)11-5-4-9(20-3)8-10(11)14/h4-5,8,15H,6-7H2,1-3H3,(H,16,17). The summed E-state index contributed by atoms with van der Waals surface area (Å²) in [4.78, 5) is 10.0. The zero-order valence-corrected chi connectivity index (χ0v) is 12.8. The van der Waals surface area contributed by atoms with Crippen LogP contribution in [-0.2, 0) is 14.8 Å². The van der Waals surface area contributed by atoms with Crippen molar-refractivity contribution in [1.29, 1.82) is 0 Å². The monoisotopic (exact) mass is 319 g/mol. The summed E-state index contributed by atoms with van der Waals surface area (Å²) >= 11 is 0. The fourth-order valence-electron chi connectivity index (χ4n) is 1.72. The molecule has 0 spiro atoms. The van der Waals surface area contributed by atoms with Gasteiger partial charge in [0.1, 0.15) is 16.5 Å². The van der Waals surface area contributed by atoms with Gasteiger partial charge in [-0.05, 0) is 32.4 Å². The molecule has 0 aliphatic carbocycles. The number of hydrogen-bond acceptors (Lipinski definition) is 4. The third-order valence-corrected chi connectivity index (χ3v) is 4.53. The molecular formula is C13H18FNO5S. The van der Waals surface area contributed by atoms with Gasteiger partial charge < -0.3 is 9.84 Å². The molecule has 21 heavy (non-hydrogen) atoms. The molecule has 0 aliphatic rings. The molecule has 1 aromatic rings. The predicted octanol–water partition coefficient (Wildman–Crippen LogP) is 1.76. The van der Waals surface area contributed by atoms with Crippen molar-refractivity contribution in [2.75, 3.05) is 7.11 Å². The van der Waals surface area contributed by atoms with E-state index in [4.69, 9.17) is 9.84 Å². The molecule has 0 unspecified atom stereocenters. The van der Waals surface area contributed by atoms with E-state index in [2.05, 4.69) is 4.72 Å². The quantitative estimate of drug-likeness (QED) is 0.799. The van der Waals surface area contributed by atoms with Crippen molar-refractivity contribution in [3.05, 3.63) is 24.0 Å². The van der Waals surface area contributed by atoms with Gasteiger partial charge in [-0.25, -0.2) is 17.5 Å². The molecule has 0 amide bonds. The predicted molar refractivity (Wildman–Crippen MR) is 74.2 cm³/mol. The minimum atomic E-state index is -4.09. The van der Waals surface area contributed by atoms with E-state index in [1.54, 1.807) is 0 Å². The average molecular weight is 319 g/mol. The van der Waals surface area contributed by atoms with Crippen LogP contribution in [0.25, 0.3) is 0 Å². The van der Waals surface area contributed by atoms with Gasteiger partial charge in [0.05, 0.1) is 7.11 Å². The summed E-state index contributed by atoms with van der Waals surface area (Å²) in [5.41, 5.74) is -1.01. The summed E-state index contributed by atoms with van der Waals surface area (Å²) in [6.07, 6.45) is -0.111. The number of aliphatic carboxylic acids is 1. The van der Waals surface area contributed by atoms with Gasteiger partial charge in [-0.2, -0.15) is 0 Å². The van der Waals surface area contributed by atoms with E-state index in [0.29, 0.717) is 0 Å². The fourth-order valence-corrected chi connectivity index (χ4v) is 3.22. The maximum atomic E-state index is 13.8. The van der Waals surface area contributed by atoms with Gasteiger partial charge in [0, 0.05) is 18.0 Å². The van der Waals surface area contributed by atoms with E-state index in [1.165, 1.54) is 27.0 Å². The molecule has 0 radical (unpaired) electrons. The molecule has 0 bridgehead atoms. The van der Waals surface area contributed by atoms with Crippen molar-refractivity contribution in [3.63, 3.8) is 0 Å². The van der Waals surface area contributed by atoms with Crippen LogP contribution in [0.4, 0.5) is 4.39 Å². The van der Waals surface area contributed by atoms with Crippen LogP contribution in [0.15, 0.2) is 23.1 Å². The minimum absolute atomic E-state index is 0.0827. The van der Waals surface area contributed by atoms with Crippen molar-refractivity contribution in [1.82, 2.24) is 4.72 Å². The minimum Gasteiger partial charge on any atom is -0.497 e. The highest BCUT2D eigenvalue weighted by Crippen LogP contribution is 2.22. The summed E-state index contributed by atoms with van der Waals surface area (Å²) in [5, 5.41) is 8.64. The Hall–Kier alpha value is -1.67. The van der Waals surface area contributed by atoms with Crippen LogP contribution in [0.5, 0.6) is 5.75 Å². The second kappa shape index (κ2) is 6.40. The summed E-state index contributed by atoms with van der Waals surface area (Å²) < 4.78 is 45.3.